The van der Waals surface area contributed by atoms with Crippen LogP contribution in [0.1, 0.15) is 66.7 Å². The molecule has 0 aromatic carbocycles. The van der Waals surface area contributed by atoms with Crippen molar-refractivity contribution in [3.05, 3.63) is 46.1 Å². The fourth-order valence-electron chi connectivity index (χ4n) is 2.35. The molecular formula is C20H28O3. The van der Waals surface area contributed by atoms with E-state index < -0.39 is 11.9 Å². The Labute approximate surface area is 139 Å². The lowest BCUT2D eigenvalue weighted by molar-refractivity contribution is -0.151. The zero-order valence-corrected chi connectivity index (χ0v) is 15.0. The van der Waals surface area contributed by atoms with Gasteiger partial charge in [0.25, 0.3) is 0 Å². The zero-order valence-electron chi connectivity index (χ0n) is 15.0. The molecule has 0 fully saturated rings. The molecule has 0 unspecified atom stereocenters. The van der Waals surface area contributed by atoms with Crippen LogP contribution in [0, 0.1) is 0 Å². The largest absolute Gasteiger partial charge is 0.386 e. The molecule has 3 nitrogen and oxygen atoms in total. The lowest BCUT2D eigenvalue weighted by atomic mass is 10.0. The molecule has 1 aliphatic heterocycles. The van der Waals surface area contributed by atoms with E-state index in [2.05, 4.69) is 44.6 Å². The van der Waals surface area contributed by atoms with Gasteiger partial charge < -0.3 is 4.74 Å². The van der Waals surface area contributed by atoms with Crippen molar-refractivity contribution >= 4 is 11.9 Å². The second-order valence-electron chi connectivity index (χ2n) is 6.44. The number of hydrogen-bond acceptors (Lipinski definition) is 3. The summed E-state index contributed by atoms with van der Waals surface area (Å²) in [5.74, 6) is -1.00. The van der Waals surface area contributed by atoms with Gasteiger partial charge in [-0.25, -0.2) is 9.59 Å². The molecule has 0 saturated carbocycles. The molecule has 1 heterocycles. The van der Waals surface area contributed by atoms with E-state index >= 15 is 0 Å². The van der Waals surface area contributed by atoms with E-state index in [0.29, 0.717) is 17.6 Å². The Morgan fingerprint density at radius 2 is 1.43 bits per heavy atom. The number of allylic oxidation sites excluding steroid dienone is 6. The molecule has 0 saturated heterocycles. The minimum Gasteiger partial charge on any atom is -0.386 e. The van der Waals surface area contributed by atoms with Gasteiger partial charge in [0.05, 0.1) is 5.57 Å². The third-order valence-electron chi connectivity index (χ3n) is 3.97. The van der Waals surface area contributed by atoms with Crippen LogP contribution in [0.4, 0.5) is 0 Å². The molecule has 0 N–H and O–H groups in total. The number of carbonyl (C=O) groups excluding carboxylic acids is 2. The minimum atomic E-state index is -0.508. The first-order valence-corrected chi connectivity index (χ1v) is 8.22. The summed E-state index contributed by atoms with van der Waals surface area (Å²) >= 11 is 0. The second kappa shape index (κ2) is 9.29. The van der Waals surface area contributed by atoms with Crippen LogP contribution in [0.5, 0.6) is 0 Å². The fourth-order valence-corrected chi connectivity index (χ4v) is 2.35. The highest BCUT2D eigenvalue weighted by molar-refractivity contribution is 6.12. The van der Waals surface area contributed by atoms with Crippen LogP contribution < -0.4 is 0 Å². The molecule has 1 aliphatic rings. The predicted octanol–water partition coefficient (Wildman–Crippen LogP) is 5.20. The van der Waals surface area contributed by atoms with E-state index in [1.807, 2.05) is 6.08 Å². The minimum absolute atomic E-state index is 0.439. The monoisotopic (exact) mass is 316 g/mol. The molecule has 0 aliphatic carbocycles. The van der Waals surface area contributed by atoms with Gasteiger partial charge in [-0.1, -0.05) is 34.9 Å². The van der Waals surface area contributed by atoms with Gasteiger partial charge in [-0.05, 0) is 66.7 Å². The SMILES string of the molecule is CC(C)=CCC/C(C)=C/CC/C(C)=C/CC1=C(C)C(=O)OC1=O. The molecule has 1 rings (SSSR count). The Morgan fingerprint density at radius 1 is 0.870 bits per heavy atom. The van der Waals surface area contributed by atoms with Crippen molar-refractivity contribution in [2.45, 2.75) is 66.7 Å². The molecule has 0 atom stereocenters. The highest BCUT2D eigenvalue weighted by Crippen LogP contribution is 2.21. The molecule has 0 aromatic heterocycles. The maximum Gasteiger partial charge on any atom is 0.342 e. The first-order valence-electron chi connectivity index (χ1n) is 8.22. The second-order valence-corrected chi connectivity index (χ2v) is 6.44. The Hall–Kier alpha value is -1.90. The molecule has 0 bridgehead atoms. The first kappa shape index (κ1) is 19.1. The summed E-state index contributed by atoms with van der Waals surface area (Å²) in [4.78, 5) is 22.8. The molecule has 126 valence electrons. The Morgan fingerprint density at radius 3 is 1.96 bits per heavy atom. The summed E-state index contributed by atoms with van der Waals surface area (Å²) in [5.41, 5.74) is 4.94. The van der Waals surface area contributed by atoms with E-state index in [4.69, 9.17) is 0 Å². The van der Waals surface area contributed by atoms with Crippen molar-refractivity contribution in [2.75, 3.05) is 0 Å². The van der Waals surface area contributed by atoms with Gasteiger partial charge in [-0.2, -0.15) is 0 Å². The number of carbonyl (C=O) groups is 2. The number of rotatable bonds is 8. The van der Waals surface area contributed by atoms with E-state index in [-0.39, 0.29) is 0 Å². The smallest absolute Gasteiger partial charge is 0.342 e. The van der Waals surface area contributed by atoms with Crippen LogP contribution in [0.15, 0.2) is 46.1 Å². The van der Waals surface area contributed by atoms with Crippen molar-refractivity contribution in [3.63, 3.8) is 0 Å². The number of cyclic esters (lactones) is 2. The van der Waals surface area contributed by atoms with Gasteiger partial charge in [0.15, 0.2) is 0 Å². The highest BCUT2D eigenvalue weighted by atomic mass is 16.6. The van der Waals surface area contributed by atoms with Crippen molar-refractivity contribution in [1.29, 1.82) is 0 Å². The molecule has 0 spiro atoms. The zero-order chi connectivity index (χ0) is 17.4. The van der Waals surface area contributed by atoms with Crippen LogP contribution >= 0.6 is 0 Å². The number of hydrogen-bond donors (Lipinski definition) is 0. The number of esters is 2. The third-order valence-corrected chi connectivity index (χ3v) is 3.97. The van der Waals surface area contributed by atoms with Gasteiger partial charge in [0.2, 0.25) is 0 Å². The molecule has 23 heavy (non-hydrogen) atoms. The van der Waals surface area contributed by atoms with Crippen LogP contribution in [0.25, 0.3) is 0 Å². The molecule has 0 aromatic rings. The quantitative estimate of drug-likeness (QED) is 0.351. The summed E-state index contributed by atoms with van der Waals surface area (Å²) < 4.78 is 4.59. The van der Waals surface area contributed by atoms with Gasteiger partial charge in [0, 0.05) is 5.57 Å². The van der Waals surface area contributed by atoms with E-state index in [9.17, 15) is 9.59 Å². The molecular weight excluding hydrogens is 288 g/mol. The van der Waals surface area contributed by atoms with Crippen LogP contribution in [0.2, 0.25) is 0 Å². The van der Waals surface area contributed by atoms with Gasteiger partial charge >= 0.3 is 11.9 Å². The summed E-state index contributed by atoms with van der Waals surface area (Å²) in [6.07, 6.45) is 11.2. The summed E-state index contributed by atoms with van der Waals surface area (Å²) in [5, 5.41) is 0. The van der Waals surface area contributed by atoms with Crippen molar-refractivity contribution in [1.82, 2.24) is 0 Å². The molecule has 0 amide bonds. The van der Waals surface area contributed by atoms with E-state index in [1.54, 1.807) is 6.92 Å². The van der Waals surface area contributed by atoms with Gasteiger partial charge in [0.1, 0.15) is 0 Å². The Balaban J connectivity index is 2.42. The topological polar surface area (TPSA) is 43.4 Å². The van der Waals surface area contributed by atoms with Crippen molar-refractivity contribution in [3.8, 4) is 0 Å². The van der Waals surface area contributed by atoms with Crippen LogP contribution in [0.3, 0.4) is 0 Å². The Bertz CT molecular complexity index is 582. The molecule has 0 radical (unpaired) electrons. The van der Waals surface area contributed by atoms with E-state index in [1.165, 1.54) is 16.7 Å². The maximum atomic E-state index is 11.5. The average molecular weight is 316 g/mol. The average Bonchev–Trinajstić information content (AvgIpc) is 2.69. The standard InChI is InChI=1S/C20H28O3/c1-14(2)8-6-9-15(3)10-7-11-16(4)12-13-18-17(5)19(21)23-20(18)22/h8,10,12H,6-7,9,11,13H2,1-5H3/b15-10+,16-12+. The predicted molar refractivity (Wildman–Crippen MR) is 93.8 cm³/mol. The van der Waals surface area contributed by atoms with Gasteiger partial charge in [-0.15, -0.1) is 0 Å². The first-order chi connectivity index (χ1) is 10.8. The fraction of sp³-hybridized carbons (Fsp3) is 0.500. The van der Waals surface area contributed by atoms with Crippen molar-refractivity contribution in [2.24, 2.45) is 0 Å². The molecule has 3 heteroatoms. The van der Waals surface area contributed by atoms with Gasteiger partial charge in [-0.3, -0.25) is 0 Å². The highest BCUT2D eigenvalue weighted by Gasteiger charge is 2.28. The van der Waals surface area contributed by atoms with Crippen molar-refractivity contribution < 1.29 is 14.3 Å². The van der Waals surface area contributed by atoms with Crippen LogP contribution in [-0.2, 0) is 14.3 Å². The summed E-state index contributed by atoms with van der Waals surface area (Å²) in [7, 11) is 0. The lowest BCUT2D eigenvalue weighted by Gasteiger charge is -2.02. The third kappa shape index (κ3) is 6.81. The maximum absolute atomic E-state index is 11.5. The van der Waals surface area contributed by atoms with E-state index in [0.717, 1.165) is 25.7 Å². The number of ether oxygens (including phenoxy) is 1. The summed E-state index contributed by atoms with van der Waals surface area (Å²) in [6.45, 7) is 10.1. The lowest BCUT2D eigenvalue weighted by Crippen LogP contribution is -2.01. The summed E-state index contributed by atoms with van der Waals surface area (Å²) in [6, 6.07) is 0. The normalized spacial score (nSPS) is 16.0. The Kier molecular flexibility index (Phi) is 7.73. The van der Waals surface area contributed by atoms with Crippen LogP contribution in [-0.4, -0.2) is 11.9 Å².